The summed E-state index contributed by atoms with van der Waals surface area (Å²) in [5.41, 5.74) is 0. The van der Waals surface area contributed by atoms with Crippen LogP contribution in [0.25, 0.3) is 0 Å². The van der Waals surface area contributed by atoms with Gasteiger partial charge < -0.3 is 10.1 Å². The first-order valence-corrected chi connectivity index (χ1v) is 8.36. The minimum Gasteiger partial charge on any atom is -0.480 e. The van der Waals surface area contributed by atoms with E-state index >= 15 is 0 Å². The molecule has 6 nitrogen and oxygen atoms in total. The maximum Gasteiger partial charge on any atom is 0.260 e. The lowest BCUT2D eigenvalue weighted by molar-refractivity contribution is -0.127. The molecule has 0 aliphatic rings. The van der Waals surface area contributed by atoms with Gasteiger partial charge in [-0.1, -0.05) is 6.92 Å². The molecule has 0 spiro atoms. The Balaban J connectivity index is 2.81. The van der Waals surface area contributed by atoms with E-state index in [9.17, 15) is 13.2 Å². The van der Waals surface area contributed by atoms with Gasteiger partial charge in [0.15, 0.2) is 6.10 Å². The molecule has 112 valence electrons. The second-order valence-corrected chi connectivity index (χ2v) is 6.60. The fraction of sp³-hybridized carbons (Fsp3) is 0.417. The summed E-state index contributed by atoms with van der Waals surface area (Å²) in [4.78, 5) is 11.6. The van der Waals surface area contributed by atoms with Crippen molar-refractivity contribution in [3.05, 3.63) is 22.7 Å². The maximum absolute atomic E-state index is 11.7. The summed E-state index contributed by atoms with van der Waals surface area (Å²) in [6, 6.07) is 4.11. The zero-order valence-corrected chi connectivity index (χ0v) is 13.6. The average Bonchev–Trinajstić information content (AvgIpc) is 2.36. The van der Waals surface area contributed by atoms with Crippen LogP contribution in [0.15, 0.2) is 27.6 Å². The summed E-state index contributed by atoms with van der Waals surface area (Å²) in [7, 11) is -3.76. The fourth-order valence-electron chi connectivity index (χ4n) is 1.39. The Hall–Kier alpha value is -1.12. The molecular formula is C12H17BrN2O4S. The summed E-state index contributed by atoms with van der Waals surface area (Å²) >= 11 is 3.19. The van der Waals surface area contributed by atoms with Crippen molar-refractivity contribution in [2.75, 3.05) is 6.54 Å². The molecule has 0 bridgehead atoms. The number of nitrogens with two attached hydrogens (primary N) is 1. The molecule has 1 aromatic rings. The van der Waals surface area contributed by atoms with Crippen molar-refractivity contribution in [3.8, 4) is 5.75 Å². The van der Waals surface area contributed by atoms with Gasteiger partial charge in [0.1, 0.15) is 5.75 Å². The molecular weight excluding hydrogens is 348 g/mol. The molecule has 0 saturated heterocycles. The van der Waals surface area contributed by atoms with Gasteiger partial charge in [-0.25, -0.2) is 13.6 Å². The normalized spacial score (nSPS) is 12.8. The zero-order valence-electron chi connectivity index (χ0n) is 11.2. The highest BCUT2D eigenvalue weighted by atomic mass is 79.9. The molecule has 1 aromatic carbocycles. The van der Waals surface area contributed by atoms with Crippen LogP contribution in [0, 0.1) is 0 Å². The Bertz CT molecular complexity index is 589. The SMILES string of the molecule is CCCNC(=O)C(C)Oc1ccc(S(N)(=O)=O)cc1Br. The van der Waals surface area contributed by atoms with Gasteiger partial charge in [0.2, 0.25) is 10.0 Å². The summed E-state index contributed by atoms with van der Waals surface area (Å²) in [6.45, 7) is 4.15. The van der Waals surface area contributed by atoms with Gasteiger partial charge in [-0.2, -0.15) is 0 Å². The number of amides is 1. The second kappa shape index (κ2) is 7.05. The van der Waals surface area contributed by atoms with E-state index in [1.54, 1.807) is 6.92 Å². The minimum absolute atomic E-state index is 0.0280. The molecule has 3 N–H and O–H groups in total. The van der Waals surface area contributed by atoms with E-state index in [-0.39, 0.29) is 10.8 Å². The van der Waals surface area contributed by atoms with E-state index in [0.717, 1.165) is 6.42 Å². The number of nitrogens with one attached hydrogen (secondary N) is 1. The number of carbonyl (C=O) groups is 1. The molecule has 0 saturated carbocycles. The Labute approximate surface area is 126 Å². The zero-order chi connectivity index (χ0) is 15.3. The van der Waals surface area contributed by atoms with Crippen LogP contribution in [0.4, 0.5) is 0 Å². The van der Waals surface area contributed by atoms with E-state index in [1.165, 1.54) is 18.2 Å². The highest BCUT2D eigenvalue weighted by molar-refractivity contribution is 9.10. The van der Waals surface area contributed by atoms with Crippen molar-refractivity contribution in [3.63, 3.8) is 0 Å². The molecule has 0 radical (unpaired) electrons. The lowest BCUT2D eigenvalue weighted by Gasteiger charge is -2.15. The molecule has 1 atom stereocenters. The van der Waals surface area contributed by atoms with E-state index in [1.807, 2.05) is 6.92 Å². The standard InChI is InChI=1S/C12H17BrN2O4S/c1-3-6-15-12(16)8(2)19-11-5-4-9(7-10(11)13)20(14,17)18/h4-5,7-8H,3,6H2,1-2H3,(H,15,16)(H2,14,17,18). The van der Waals surface area contributed by atoms with Crippen molar-refractivity contribution < 1.29 is 17.9 Å². The summed E-state index contributed by atoms with van der Waals surface area (Å²) in [6.07, 6.45) is 0.156. The number of hydrogen-bond donors (Lipinski definition) is 2. The molecule has 1 amide bonds. The molecule has 0 heterocycles. The number of sulfonamides is 1. The van der Waals surface area contributed by atoms with Crippen LogP contribution in [-0.4, -0.2) is 27.0 Å². The third-order valence-electron chi connectivity index (χ3n) is 2.45. The van der Waals surface area contributed by atoms with Crippen LogP contribution < -0.4 is 15.2 Å². The number of ether oxygens (including phenoxy) is 1. The van der Waals surface area contributed by atoms with Gasteiger partial charge in [-0.15, -0.1) is 0 Å². The van der Waals surface area contributed by atoms with Crippen LogP contribution in [-0.2, 0) is 14.8 Å². The van der Waals surface area contributed by atoms with Gasteiger partial charge in [0, 0.05) is 6.54 Å². The topological polar surface area (TPSA) is 98.5 Å². The summed E-state index contributed by atoms with van der Waals surface area (Å²) in [5, 5.41) is 7.74. The van der Waals surface area contributed by atoms with Crippen molar-refractivity contribution in [1.82, 2.24) is 5.32 Å². The van der Waals surface area contributed by atoms with Crippen LogP contribution in [0.3, 0.4) is 0 Å². The molecule has 1 rings (SSSR count). The fourth-order valence-corrected chi connectivity index (χ4v) is 2.55. The van der Waals surface area contributed by atoms with Gasteiger partial charge >= 0.3 is 0 Å². The maximum atomic E-state index is 11.7. The minimum atomic E-state index is -3.76. The van der Waals surface area contributed by atoms with Crippen LogP contribution in [0.2, 0.25) is 0 Å². The third kappa shape index (κ3) is 4.77. The Morgan fingerprint density at radius 1 is 1.50 bits per heavy atom. The Morgan fingerprint density at radius 3 is 2.65 bits per heavy atom. The number of benzene rings is 1. The number of halogens is 1. The first kappa shape index (κ1) is 16.9. The molecule has 20 heavy (non-hydrogen) atoms. The molecule has 0 aromatic heterocycles. The molecule has 0 aliphatic heterocycles. The van der Waals surface area contributed by atoms with E-state index in [4.69, 9.17) is 9.88 Å². The monoisotopic (exact) mass is 364 g/mol. The van der Waals surface area contributed by atoms with Gasteiger partial charge in [0.25, 0.3) is 5.91 Å². The quantitative estimate of drug-likeness (QED) is 0.796. The van der Waals surface area contributed by atoms with Gasteiger partial charge in [-0.05, 0) is 47.5 Å². The lowest BCUT2D eigenvalue weighted by Crippen LogP contribution is -2.36. The number of carbonyl (C=O) groups excluding carboxylic acids is 1. The van der Waals surface area contributed by atoms with E-state index in [2.05, 4.69) is 21.2 Å². The smallest absolute Gasteiger partial charge is 0.260 e. The molecule has 8 heteroatoms. The van der Waals surface area contributed by atoms with Gasteiger partial charge in [-0.3, -0.25) is 4.79 Å². The summed E-state index contributed by atoms with van der Waals surface area (Å²) < 4.78 is 28.3. The first-order valence-electron chi connectivity index (χ1n) is 6.02. The van der Waals surface area contributed by atoms with Crippen molar-refractivity contribution in [1.29, 1.82) is 0 Å². The van der Waals surface area contributed by atoms with Crippen LogP contribution in [0.1, 0.15) is 20.3 Å². The Kier molecular flexibility index (Phi) is 5.97. The molecule has 0 aliphatic carbocycles. The van der Waals surface area contributed by atoms with Gasteiger partial charge in [0.05, 0.1) is 9.37 Å². The predicted molar refractivity (Wildman–Crippen MR) is 78.9 cm³/mol. The highest BCUT2D eigenvalue weighted by Gasteiger charge is 2.17. The number of primary sulfonamides is 1. The van der Waals surface area contributed by atoms with Crippen molar-refractivity contribution in [2.45, 2.75) is 31.3 Å². The van der Waals surface area contributed by atoms with Crippen molar-refractivity contribution >= 4 is 31.9 Å². The van der Waals surface area contributed by atoms with Crippen LogP contribution in [0.5, 0.6) is 5.75 Å². The molecule has 0 fully saturated rings. The average molecular weight is 365 g/mol. The third-order valence-corrected chi connectivity index (χ3v) is 3.98. The van der Waals surface area contributed by atoms with Crippen molar-refractivity contribution in [2.24, 2.45) is 5.14 Å². The van der Waals surface area contributed by atoms with E-state index in [0.29, 0.717) is 16.8 Å². The summed E-state index contributed by atoms with van der Waals surface area (Å²) in [5.74, 6) is 0.144. The lowest BCUT2D eigenvalue weighted by atomic mass is 10.3. The molecule has 1 unspecified atom stereocenters. The second-order valence-electron chi connectivity index (χ2n) is 4.19. The highest BCUT2D eigenvalue weighted by Crippen LogP contribution is 2.28. The number of rotatable bonds is 6. The Morgan fingerprint density at radius 2 is 2.15 bits per heavy atom. The predicted octanol–water partition coefficient (Wildman–Crippen LogP) is 1.39. The largest absolute Gasteiger partial charge is 0.480 e. The van der Waals surface area contributed by atoms with Crippen LogP contribution >= 0.6 is 15.9 Å². The van der Waals surface area contributed by atoms with E-state index < -0.39 is 16.1 Å². The first-order chi connectivity index (χ1) is 9.25. The number of hydrogen-bond acceptors (Lipinski definition) is 4.